The first-order chi connectivity index (χ1) is 9.24. The predicted molar refractivity (Wildman–Crippen MR) is 88.5 cm³/mol. The Morgan fingerprint density at radius 1 is 1.32 bits per heavy atom. The molecular formula is C16H23BrClN. The lowest BCUT2D eigenvalue weighted by molar-refractivity contribution is 0.435. The molecule has 0 aliphatic carbocycles. The summed E-state index contributed by atoms with van der Waals surface area (Å²) in [6.45, 7) is 4.59. The van der Waals surface area contributed by atoms with Crippen LogP contribution in [-0.4, -0.2) is 13.1 Å². The molecule has 0 N–H and O–H groups in total. The van der Waals surface area contributed by atoms with E-state index in [9.17, 15) is 0 Å². The van der Waals surface area contributed by atoms with Crippen molar-refractivity contribution >= 4 is 33.2 Å². The maximum absolute atomic E-state index is 6.43. The van der Waals surface area contributed by atoms with Crippen molar-refractivity contribution in [2.45, 2.75) is 44.4 Å². The lowest BCUT2D eigenvalue weighted by Gasteiger charge is -2.24. The van der Waals surface area contributed by atoms with E-state index in [1.54, 1.807) is 0 Å². The van der Waals surface area contributed by atoms with E-state index in [-0.39, 0.29) is 0 Å². The molecule has 3 heteroatoms. The van der Waals surface area contributed by atoms with Gasteiger partial charge in [0.1, 0.15) is 0 Å². The zero-order chi connectivity index (χ0) is 13.7. The Hall–Kier alpha value is -0.210. The monoisotopic (exact) mass is 343 g/mol. The van der Waals surface area contributed by atoms with E-state index in [0.29, 0.717) is 0 Å². The second-order valence-corrected chi connectivity index (χ2v) is 6.46. The second kappa shape index (κ2) is 7.54. The van der Waals surface area contributed by atoms with E-state index in [0.717, 1.165) is 29.4 Å². The Bertz CT molecular complexity index is 408. The molecule has 0 radical (unpaired) electrons. The first kappa shape index (κ1) is 15.2. The highest BCUT2D eigenvalue weighted by molar-refractivity contribution is 9.08. The van der Waals surface area contributed by atoms with E-state index < -0.39 is 0 Å². The van der Waals surface area contributed by atoms with Crippen LogP contribution >= 0.6 is 27.5 Å². The quantitative estimate of drug-likeness (QED) is 0.639. The summed E-state index contributed by atoms with van der Waals surface area (Å²) in [6, 6.07) is 6.43. The molecule has 1 aliphatic rings. The third kappa shape index (κ3) is 4.13. The number of nitrogens with zero attached hydrogens (tertiary/aromatic N) is 1. The molecule has 0 saturated carbocycles. The first-order valence-electron chi connectivity index (χ1n) is 7.34. The molecule has 1 aromatic rings. The Balaban J connectivity index is 2.05. The Morgan fingerprint density at radius 3 is 2.84 bits per heavy atom. The normalized spacial score (nSPS) is 20.4. The average Bonchev–Trinajstić information content (AvgIpc) is 2.65. The highest BCUT2D eigenvalue weighted by atomic mass is 79.9. The van der Waals surface area contributed by atoms with Crippen molar-refractivity contribution in [2.24, 2.45) is 5.92 Å². The molecule has 1 unspecified atom stereocenters. The number of benzene rings is 1. The van der Waals surface area contributed by atoms with Gasteiger partial charge >= 0.3 is 0 Å². The third-order valence-corrected chi connectivity index (χ3v) is 5.00. The largest absolute Gasteiger partial charge is 0.370 e. The van der Waals surface area contributed by atoms with Gasteiger partial charge in [0.25, 0.3) is 0 Å². The van der Waals surface area contributed by atoms with E-state index in [1.165, 1.54) is 43.4 Å². The molecule has 0 spiro atoms. The highest BCUT2D eigenvalue weighted by Crippen LogP contribution is 2.31. The van der Waals surface area contributed by atoms with Gasteiger partial charge in [-0.2, -0.15) is 0 Å². The zero-order valence-electron chi connectivity index (χ0n) is 11.7. The highest BCUT2D eigenvalue weighted by Gasteiger charge is 2.18. The summed E-state index contributed by atoms with van der Waals surface area (Å²) in [5.41, 5.74) is 2.45. The van der Waals surface area contributed by atoms with Gasteiger partial charge in [-0.15, -0.1) is 0 Å². The van der Waals surface area contributed by atoms with Crippen molar-refractivity contribution in [3.05, 3.63) is 28.8 Å². The van der Waals surface area contributed by atoms with Gasteiger partial charge in [0.15, 0.2) is 0 Å². The Kier molecular flexibility index (Phi) is 6.03. The van der Waals surface area contributed by atoms with Gasteiger partial charge in [0.2, 0.25) is 0 Å². The number of hydrogen-bond donors (Lipinski definition) is 0. The van der Waals surface area contributed by atoms with E-state index in [1.807, 2.05) is 0 Å². The summed E-state index contributed by atoms with van der Waals surface area (Å²) in [7, 11) is 0. The SMILES string of the molecule is CCCC1CCCN(c2ccc(CBr)cc2Cl)CC1. The van der Waals surface area contributed by atoms with Crippen molar-refractivity contribution in [1.29, 1.82) is 0 Å². The van der Waals surface area contributed by atoms with Crippen LogP contribution in [0.5, 0.6) is 0 Å². The van der Waals surface area contributed by atoms with Crippen LogP contribution in [0.15, 0.2) is 18.2 Å². The lowest BCUT2D eigenvalue weighted by Crippen LogP contribution is -2.24. The predicted octanol–water partition coefficient (Wildman–Crippen LogP) is 5.64. The summed E-state index contributed by atoms with van der Waals surface area (Å²) < 4.78 is 0. The van der Waals surface area contributed by atoms with Crippen LogP contribution in [0.4, 0.5) is 5.69 Å². The molecule has 2 rings (SSSR count). The summed E-state index contributed by atoms with van der Waals surface area (Å²) in [5, 5.41) is 1.76. The van der Waals surface area contributed by atoms with Crippen LogP contribution in [0.25, 0.3) is 0 Å². The van der Waals surface area contributed by atoms with Gasteiger partial charge in [-0.05, 0) is 42.9 Å². The standard InChI is InChI=1S/C16H23BrClN/c1-2-4-13-5-3-9-19(10-8-13)16-7-6-14(12-17)11-15(16)18/h6-7,11,13H,2-5,8-10,12H2,1H3. The number of rotatable bonds is 4. The van der Waals surface area contributed by atoms with Gasteiger partial charge in [-0.3, -0.25) is 0 Å². The summed E-state index contributed by atoms with van der Waals surface area (Å²) >= 11 is 9.91. The molecule has 1 fully saturated rings. The Labute approximate surface area is 130 Å². The molecule has 0 amide bonds. The van der Waals surface area contributed by atoms with Crippen molar-refractivity contribution in [3.8, 4) is 0 Å². The van der Waals surface area contributed by atoms with Gasteiger partial charge in [-0.25, -0.2) is 0 Å². The van der Waals surface area contributed by atoms with Crippen LogP contribution in [0.1, 0.15) is 44.6 Å². The van der Waals surface area contributed by atoms with Crippen LogP contribution < -0.4 is 4.90 Å². The maximum atomic E-state index is 6.43. The number of halogens is 2. The molecule has 1 nitrogen and oxygen atoms in total. The minimum atomic E-state index is 0.867. The number of alkyl halides is 1. The Morgan fingerprint density at radius 2 is 2.16 bits per heavy atom. The van der Waals surface area contributed by atoms with Crippen LogP contribution in [0, 0.1) is 5.92 Å². The van der Waals surface area contributed by atoms with Gasteiger partial charge in [0.05, 0.1) is 10.7 Å². The van der Waals surface area contributed by atoms with Crippen LogP contribution in [0.3, 0.4) is 0 Å². The van der Waals surface area contributed by atoms with Gasteiger partial charge in [0, 0.05) is 18.4 Å². The molecule has 1 aliphatic heterocycles. The molecule has 0 bridgehead atoms. The smallest absolute Gasteiger partial charge is 0.0642 e. The fourth-order valence-electron chi connectivity index (χ4n) is 2.99. The number of hydrogen-bond acceptors (Lipinski definition) is 1. The summed E-state index contributed by atoms with van der Waals surface area (Å²) in [4.78, 5) is 2.47. The molecule has 0 aromatic heterocycles. The molecule has 106 valence electrons. The van der Waals surface area contributed by atoms with Gasteiger partial charge < -0.3 is 4.90 Å². The van der Waals surface area contributed by atoms with Crippen molar-refractivity contribution in [1.82, 2.24) is 0 Å². The molecule has 1 heterocycles. The van der Waals surface area contributed by atoms with Crippen molar-refractivity contribution < 1.29 is 0 Å². The van der Waals surface area contributed by atoms with E-state index in [2.05, 4.69) is 46.0 Å². The zero-order valence-corrected chi connectivity index (χ0v) is 14.0. The fraction of sp³-hybridized carbons (Fsp3) is 0.625. The van der Waals surface area contributed by atoms with E-state index in [4.69, 9.17) is 11.6 Å². The van der Waals surface area contributed by atoms with Crippen LogP contribution in [-0.2, 0) is 5.33 Å². The first-order valence-corrected chi connectivity index (χ1v) is 8.84. The molecule has 1 atom stereocenters. The molecule has 1 saturated heterocycles. The number of anilines is 1. The topological polar surface area (TPSA) is 3.24 Å². The van der Waals surface area contributed by atoms with Crippen molar-refractivity contribution in [3.63, 3.8) is 0 Å². The molecular weight excluding hydrogens is 322 g/mol. The lowest BCUT2D eigenvalue weighted by atomic mass is 9.96. The summed E-state index contributed by atoms with van der Waals surface area (Å²) in [6.07, 6.45) is 6.67. The van der Waals surface area contributed by atoms with Gasteiger partial charge in [-0.1, -0.05) is 53.4 Å². The van der Waals surface area contributed by atoms with Crippen molar-refractivity contribution in [2.75, 3.05) is 18.0 Å². The minimum absolute atomic E-state index is 0.867. The molecule has 19 heavy (non-hydrogen) atoms. The average molecular weight is 345 g/mol. The summed E-state index contributed by atoms with van der Waals surface area (Å²) in [5.74, 6) is 0.913. The van der Waals surface area contributed by atoms with Crippen LogP contribution in [0.2, 0.25) is 5.02 Å². The minimum Gasteiger partial charge on any atom is -0.370 e. The molecule has 1 aromatic carbocycles. The maximum Gasteiger partial charge on any atom is 0.0642 e. The van der Waals surface area contributed by atoms with E-state index >= 15 is 0 Å². The second-order valence-electron chi connectivity index (χ2n) is 5.49. The fourth-order valence-corrected chi connectivity index (χ4v) is 3.66. The third-order valence-electron chi connectivity index (χ3n) is 4.05.